The molecule has 2 unspecified atom stereocenters. The average molecular weight is 337 g/mol. The van der Waals surface area contributed by atoms with Gasteiger partial charge in [-0.15, -0.1) is 0 Å². The normalized spacial score (nSPS) is 22.3. The van der Waals surface area contributed by atoms with E-state index in [4.69, 9.17) is 0 Å². The van der Waals surface area contributed by atoms with Gasteiger partial charge in [-0.05, 0) is 42.7 Å². The molecule has 0 spiro atoms. The molecule has 132 valence electrons. The second kappa shape index (κ2) is 7.77. The molecule has 1 saturated carbocycles. The maximum Gasteiger partial charge on any atom is 0.220 e. The highest BCUT2D eigenvalue weighted by molar-refractivity contribution is 5.76. The number of hydrogen-bond acceptors (Lipinski definition) is 3. The summed E-state index contributed by atoms with van der Waals surface area (Å²) in [4.78, 5) is 20.6. The summed E-state index contributed by atoms with van der Waals surface area (Å²) in [6.07, 6.45) is 7.66. The van der Waals surface area contributed by atoms with Crippen LogP contribution in [-0.2, 0) is 11.2 Å². The number of carbonyl (C=O) groups excluding carboxylic acids is 1. The largest absolute Gasteiger partial charge is 0.353 e. The zero-order chi connectivity index (χ0) is 17.7. The Kier molecular flexibility index (Phi) is 5.47. The van der Waals surface area contributed by atoms with Gasteiger partial charge in [-0.2, -0.15) is 0 Å². The zero-order valence-electron chi connectivity index (χ0n) is 15.1. The van der Waals surface area contributed by atoms with E-state index in [0.717, 1.165) is 25.0 Å². The molecule has 1 aromatic carbocycles. The van der Waals surface area contributed by atoms with Crippen molar-refractivity contribution in [2.45, 2.75) is 57.9 Å². The zero-order valence-corrected chi connectivity index (χ0v) is 15.1. The van der Waals surface area contributed by atoms with Crippen molar-refractivity contribution in [3.05, 3.63) is 60.2 Å². The van der Waals surface area contributed by atoms with Gasteiger partial charge in [0, 0.05) is 30.3 Å². The fourth-order valence-electron chi connectivity index (χ4n) is 3.80. The van der Waals surface area contributed by atoms with E-state index in [1.165, 1.54) is 11.9 Å². The predicted octanol–water partition coefficient (Wildman–Crippen LogP) is 3.89. The molecule has 4 nitrogen and oxygen atoms in total. The van der Waals surface area contributed by atoms with E-state index in [2.05, 4.69) is 53.4 Å². The lowest BCUT2D eigenvalue weighted by Gasteiger charge is -2.41. The highest BCUT2D eigenvalue weighted by Gasteiger charge is 2.36. The Labute approximate surface area is 150 Å². The van der Waals surface area contributed by atoms with Crippen LogP contribution in [0.1, 0.15) is 56.7 Å². The first-order valence-corrected chi connectivity index (χ1v) is 9.13. The standard InChI is InChI=1S/C21H27N3O/c1-21(2)12-10-19(18(14-21)16-6-4-3-5-7-16)24-20(25)9-8-17-11-13-22-15-23-17/h3-7,11,13,15,18-19H,8-10,12,14H2,1-2H3,(H,24,25). The molecule has 0 bridgehead atoms. The number of carbonyl (C=O) groups is 1. The van der Waals surface area contributed by atoms with Gasteiger partial charge in [-0.1, -0.05) is 44.2 Å². The summed E-state index contributed by atoms with van der Waals surface area (Å²) in [6.45, 7) is 4.66. The van der Waals surface area contributed by atoms with Gasteiger partial charge < -0.3 is 5.32 Å². The molecule has 0 saturated heterocycles. The Morgan fingerprint density at radius 1 is 1.24 bits per heavy atom. The minimum absolute atomic E-state index is 0.115. The van der Waals surface area contributed by atoms with E-state index in [0.29, 0.717) is 24.2 Å². The van der Waals surface area contributed by atoms with Gasteiger partial charge in [0.15, 0.2) is 0 Å². The Morgan fingerprint density at radius 2 is 2.04 bits per heavy atom. The van der Waals surface area contributed by atoms with Crippen LogP contribution in [0.25, 0.3) is 0 Å². The number of nitrogens with one attached hydrogen (secondary N) is 1. The van der Waals surface area contributed by atoms with Crippen LogP contribution in [-0.4, -0.2) is 21.9 Å². The third-order valence-corrected chi connectivity index (χ3v) is 5.22. The van der Waals surface area contributed by atoms with Crippen molar-refractivity contribution in [2.24, 2.45) is 5.41 Å². The molecular formula is C21H27N3O. The van der Waals surface area contributed by atoms with Gasteiger partial charge in [0.2, 0.25) is 5.91 Å². The number of benzene rings is 1. The van der Waals surface area contributed by atoms with Crippen LogP contribution in [0.2, 0.25) is 0 Å². The summed E-state index contributed by atoms with van der Waals surface area (Å²) < 4.78 is 0. The Balaban J connectivity index is 1.63. The molecule has 0 aliphatic heterocycles. The molecule has 3 rings (SSSR count). The van der Waals surface area contributed by atoms with Gasteiger partial charge in [0.1, 0.15) is 6.33 Å². The van der Waals surface area contributed by atoms with E-state index < -0.39 is 0 Å². The van der Waals surface area contributed by atoms with Gasteiger partial charge in [0.25, 0.3) is 0 Å². The highest BCUT2D eigenvalue weighted by Crippen LogP contribution is 2.43. The fourth-order valence-corrected chi connectivity index (χ4v) is 3.80. The first kappa shape index (κ1) is 17.6. The Bertz CT molecular complexity index is 685. The summed E-state index contributed by atoms with van der Waals surface area (Å²) in [7, 11) is 0. The quantitative estimate of drug-likeness (QED) is 0.900. The molecule has 0 radical (unpaired) electrons. The van der Waals surface area contributed by atoms with Crippen molar-refractivity contribution in [1.29, 1.82) is 0 Å². The summed E-state index contributed by atoms with van der Waals surface area (Å²) in [5.41, 5.74) is 2.56. The molecule has 1 fully saturated rings. The summed E-state index contributed by atoms with van der Waals surface area (Å²) >= 11 is 0. The molecule has 1 aliphatic rings. The van der Waals surface area contributed by atoms with Gasteiger partial charge in [-0.25, -0.2) is 9.97 Å². The number of rotatable bonds is 5. The number of aryl methyl sites for hydroxylation is 1. The summed E-state index contributed by atoms with van der Waals surface area (Å²) in [6, 6.07) is 12.7. The van der Waals surface area contributed by atoms with Gasteiger partial charge >= 0.3 is 0 Å². The minimum Gasteiger partial charge on any atom is -0.353 e. The van der Waals surface area contributed by atoms with Crippen LogP contribution in [0.5, 0.6) is 0 Å². The highest BCUT2D eigenvalue weighted by atomic mass is 16.1. The number of hydrogen-bond donors (Lipinski definition) is 1. The second-order valence-electron chi connectivity index (χ2n) is 7.80. The van der Waals surface area contributed by atoms with Crippen LogP contribution >= 0.6 is 0 Å². The van der Waals surface area contributed by atoms with Gasteiger partial charge in [-0.3, -0.25) is 4.79 Å². The van der Waals surface area contributed by atoms with Crippen molar-refractivity contribution >= 4 is 5.91 Å². The van der Waals surface area contributed by atoms with E-state index in [9.17, 15) is 4.79 Å². The molecule has 1 aliphatic carbocycles. The maximum absolute atomic E-state index is 12.5. The van der Waals surface area contributed by atoms with Crippen LogP contribution in [0.3, 0.4) is 0 Å². The smallest absolute Gasteiger partial charge is 0.220 e. The monoisotopic (exact) mass is 337 g/mol. The van der Waals surface area contributed by atoms with Crippen LogP contribution in [0.4, 0.5) is 0 Å². The lowest BCUT2D eigenvalue weighted by molar-refractivity contribution is -0.122. The van der Waals surface area contributed by atoms with Crippen molar-refractivity contribution < 1.29 is 4.79 Å². The number of amides is 1. The van der Waals surface area contributed by atoms with Crippen LogP contribution < -0.4 is 5.32 Å². The average Bonchev–Trinajstić information content (AvgIpc) is 2.63. The predicted molar refractivity (Wildman–Crippen MR) is 99.1 cm³/mol. The molecule has 1 aromatic heterocycles. The third-order valence-electron chi connectivity index (χ3n) is 5.22. The fraction of sp³-hybridized carbons (Fsp3) is 0.476. The molecule has 2 aromatic rings. The van der Waals surface area contributed by atoms with E-state index >= 15 is 0 Å². The first-order valence-electron chi connectivity index (χ1n) is 9.13. The van der Waals surface area contributed by atoms with Crippen molar-refractivity contribution in [1.82, 2.24) is 15.3 Å². The molecule has 1 heterocycles. The molecule has 4 heteroatoms. The second-order valence-corrected chi connectivity index (χ2v) is 7.80. The molecule has 1 amide bonds. The molecule has 1 N–H and O–H groups in total. The lowest BCUT2D eigenvalue weighted by atomic mass is 9.68. The molecule has 25 heavy (non-hydrogen) atoms. The third kappa shape index (κ3) is 4.88. The topological polar surface area (TPSA) is 54.9 Å². The van der Waals surface area contributed by atoms with Gasteiger partial charge in [0.05, 0.1) is 0 Å². The number of nitrogens with zero attached hydrogens (tertiary/aromatic N) is 2. The minimum atomic E-state index is 0.115. The van der Waals surface area contributed by atoms with Crippen molar-refractivity contribution in [2.75, 3.05) is 0 Å². The summed E-state index contributed by atoms with van der Waals surface area (Å²) in [5, 5.41) is 3.29. The van der Waals surface area contributed by atoms with Crippen LogP contribution in [0, 0.1) is 5.41 Å². The first-order chi connectivity index (χ1) is 12.0. The van der Waals surface area contributed by atoms with Crippen molar-refractivity contribution in [3.63, 3.8) is 0 Å². The van der Waals surface area contributed by atoms with E-state index in [-0.39, 0.29) is 11.9 Å². The SMILES string of the molecule is CC1(C)CCC(NC(=O)CCc2ccncn2)C(c2ccccc2)C1. The Hall–Kier alpha value is -2.23. The van der Waals surface area contributed by atoms with Crippen LogP contribution in [0.15, 0.2) is 48.9 Å². The lowest BCUT2D eigenvalue weighted by Crippen LogP contribution is -2.44. The maximum atomic E-state index is 12.5. The number of aromatic nitrogens is 2. The molecule has 2 atom stereocenters. The van der Waals surface area contributed by atoms with Crippen molar-refractivity contribution in [3.8, 4) is 0 Å². The summed E-state index contributed by atoms with van der Waals surface area (Å²) in [5.74, 6) is 0.497. The van der Waals surface area contributed by atoms with E-state index in [1.807, 2.05) is 12.1 Å². The van der Waals surface area contributed by atoms with E-state index in [1.54, 1.807) is 6.20 Å². The Morgan fingerprint density at radius 3 is 2.76 bits per heavy atom. The molecular weight excluding hydrogens is 310 g/mol.